The van der Waals surface area contributed by atoms with Crippen molar-refractivity contribution in [3.05, 3.63) is 51.5 Å². The fourth-order valence-corrected chi connectivity index (χ4v) is 4.78. The average molecular weight is 372 g/mol. The molecular formula is C20H24N2O3S. The largest absolute Gasteiger partial charge is 0.379 e. The number of aromatic nitrogens is 1. The predicted molar refractivity (Wildman–Crippen MR) is 100 cm³/mol. The number of hydrogen-bond acceptors (Lipinski definition) is 5. The fraction of sp³-hybridized carbons (Fsp3) is 0.500. The van der Waals surface area contributed by atoms with Crippen LogP contribution in [0.5, 0.6) is 0 Å². The standard InChI is InChI=1S/C20H24N2O3S/c23-20(16-13-26-19-7-2-1-6-15(16)19)22-17-12-24-10-8-18(17)25-11-14-5-3-4-9-21-14/h3-5,9,13,17-18H,1-2,6-8,10-12H2,(H,22,23)/t17-,18-/m1/s1. The van der Waals surface area contributed by atoms with Gasteiger partial charge in [-0.1, -0.05) is 6.07 Å². The second-order valence-corrected chi connectivity index (χ2v) is 7.84. The molecule has 4 rings (SSSR count). The van der Waals surface area contributed by atoms with E-state index in [0.29, 0.717) is 19.8 Å². The summed E-state index contributed by atoms with van der Waals surface area (Å²) >= 11 is 1.72. The van der Waals surface area contributed by atoms with Crippen LogP contribution in [-0.4, -0.2) is 36.3 Å². The Bertz CT molecular complexity index is 747. The third kappa shape index (κ3) is 3.98. The summed E-state index contributed by atoms with van der Waals surface area (Å²) in [7, 11) is 0. The van der Waals surface area contributed by atoms with Gasteiger partial charge in [-0.15, -0.1) is 11.3 Å². The van der Waals surface area contributed by atoms with Crippen LogP contribution in [-0.2, 0) is 28.9 Å². The number of amides is 1. The second kappa shape index (κ2) is 8.29. The normalized spacial score (nSPS) is 22.6. The average Bonchev–Trinajstić information content (AvgIpc) is 3.12. The Morgan fingerprint density at radius 2 is 2.27 bits per heavy atom. The van der Waals surface area contributed by atoms with E-state index in [1.54, 1.807) is 17.5 Å². The first-order valence-corrected chi connectivity index (χ1v) is 10.2. The van der Waals surface area contributed by atoms with Crippen molar-refractivity contribution < 1.29 is 14.3 Å². The molecule has 2 aromatic rings. The summed E-state index contributed by atoms with van der Waals surface area (Å²) < 4.78 is 11.6. The first-order valence-electron chi connectivity index (χ1n) is 9.30. The first kappa shape index (κ1) is 17.6. The SMILES string of the molecule is O=C(N[C@@H]1COCC[C@H]1OCc1ccccn1)c1csc2c1CCCC2. The van der Waals surface area contributed by atoms with E-state index in [-0.39, 0.29) is 18.1 Å². The van der Waals surface area contributed by atoms with Gasteiger partial charge in [0.05, 0.1) is 36.6 Å². The van der Waals surface area contributed by atoms with Crippen molar-refractivity contribution in [3.63, 3.8) is 0 Å². The molecule has 0 aromatic carbocycles. The molecule has 2 atom stereocenters. The van der Waals surface area contributed by atoms with E-state index in [4.69, 9.17) is 9.47 Å². The van der Waals surface area contributed by atoms with Gasteiger partial charge in [-0.05, 0) is 49.8 Å². The minimum atomic E-state index is -0.126. The van der Waals surface area contributed by atoms with Crippen LogP contribution in [0.1, 0.15) is 45.8 Å². The molecule has 2 aromatic heterocycles. The van der Waals surface area contributed by atoms with Gasteiger partial charge in [0.25, 0.3) is 5.91 Å². The van der Waals surface area contributed by atoms with Crippen molar-refractivity contribution in [1.82, 2.24) is 10.3 Å². The zero-order chi connectivity index (χ0) is 17.8. The van der Waals surface area contributed by atoms with Gasteiger partial charge in [-0.2, -0.15) is 0 Å². The Kier molecular flexibility index (Phi) is 5.62. The summed E-state index contributed by atoms with van der Waals surface area (Å²) in [4.78, 5) is 18.5. The minimum absolute atomic E-state index is 0.00587. The van der Waals surface area contributed by atoms with E-state index in [9.17, 15) is 4.79 Å². The zero-order valence-electron chi connectivity index (χ0n) is 14.8. The van der Waals surface area contributed by atoms with Crippen LogP contribution in [0, 0.1) is 0 Å². The van der Waals surface area contributed by atoms with Crippen molar-refractivity contribution in [2.75, 3.05) is 13.2 Å². The summed E-state index contributed by atoms with van der Waals surface area (Å²) in [5, 5.41) is 5.17. The third-order valence-electron chi connectivity index (χ3n) is 5.09. The van der Waals surface area contributed by atoms with Crippen LogP contribution in [0.15, 0.2) is 29.8 Å². The summed E-state index contributed by atoms with van der Waals surface area (Å²) in [6.07, 6.45) is 7.02. The highest BCUT2D eigenvalue weighted by molar-refractivity contribution is 7.10. The molecule has 1 aliphatic heterocycles. The molecule has 138 valence electrons. The number of carbonyl (C=O) groups excluding carboxylic acids is 1. The molecule has 1 N–H and O–H groups in total. The molecule has 1 aliphatic carbocycles. The molecule has 26 heavy (non-hydrogen) atoms. The fourth-order valence-electron chi connectivity index (χ4n) is 3.66. The molecule has 0 spiro atoms. The lowest BCUT2D eigenvalue weighted by atomic mass is 9.95. The lowest BCUT2D eigenvalue weighted by molar-refractivity contribution is -0.0612. The van der Waals surface area contributed by atoms with Gasteiger partial charge in [0, 0.05) is 23.1 Å². The van der Waals surface area contributed by atoms with E-state index in [1.807, 2.05) is 23.6 Å². The summed E-state index contributed by atoms with van der Waals surface area (Å²) in [5.41, 5.74) is 3.00. The maximum atomic E-state index is 12.8. The Labute approximate surface area is 157 Å². The maximum absolute atomic E-state index is 12.8. The molecule has 0 unspecified atom stereocenters. The van der Waals surface area contributed by atoms with Gasteiger partial charge in [0.15, 0.2) is 0 Å². The van der Waals surface area contributed by atoms with E-state index in [0.717, 1.165) is 30.5 Å². The quantitative estimate of drug-likeness (QED) is 0.876. The number of carbonyl (C=O) groups is 1. The zero-order valence-corrected chi connectivity index (χ0v) is 15.6. The molecule has 1 fully saturated rings. The number of pyridine rings is 1. The number of fused-ring (bicyclic) bond motifs is 1. The lowest BCUT2D eigenvalue weighted by Gasteiger charge is -2.32. The minimum Gasteiger partial charge on any atom is -0.379 e. The summed E-state index contributed by atoms with van der Waals surface area (Å²) in [5.74, 6) is 0.00587. The van der Waals surface area contributed by atoms with Crippen LogP contribution < -0.4 is 5.32 Å². The lowest BCUT2D eigenvalue weighted by Crippen LogP contribution is -2.50. The highest BCUT2D eigenvalue weighted by atomic mass is 32.1. The van der Waals surface area contributed by atoms with Gasteiger partial charge in [0.2, 0.25) is 0 Å². The molecule has 0 radical (unpaired) electrons. The Morgan fingerprint density at radius 1 is 1.35 bits per heavy atom. The molecule has 6 heteroatoms. The number of hydrogen-bond donors (Lipinski definition) is 1. The van der Waals surface area contributed by atoms with Gasteiger partial charge < -0.3 is 14.8 Å². The number of ether oxygens (including phenoxy) is 2. The molecule has 1 saturated heterocycles. The first-order chi connectivity index (χ1) is 12.8. The van der Waals surface area contributed by atoms with Gasteiger partial charge >= 0.3 is 0 Å². The molecule has 3 heterocycles. The number of aryl methyl sites for hydroxylation is 1. The van der Waals surface area contributed by atoms with E-state index < -0.39 is 0 Å². The Balaban J connectivity index is 1.40. The molecular weight excluding hydrogens is 348 g/mol. The van der Waals surface area contributed by atoms with E-state index in [1.165, 1.54) is 23.3 Å². The van der Waals surface area contributed by atoms with Crippen molar-refractivity contribution in [2.24, 2.45) is 0 Å². The Hall–Kier alpha value is -1.76. The van der Waals surface area contributed by atoms with Crippen molar-refractivity contribution in [1.29, 1.82) is 0 Å². The monoisotopic (exact) mass is 372 g/mol. The number of nitrogens with one attached hydrogen (secondary N) is 1. The molecule has 2 aliphatic rings. The van der Waals surface area contributed by atoms with Crippen molar-refractivity contribution >= 4 is 17.2 Å². The van der Waals surface area contributed by atoms with Crippen LogP contribution in [0.2, 0.25) is 0 Å². The van der Waals surface area contributed by atoms with Crippen molar-refractivity contribution in [2.45, 2.75) is 50.9 Å². The van der Waals surface area contributed by atoms with Gasteiger partial charge in [-0.3, -0.25) is 9.78 Å². The molecule has 1 amide bonds. The summed E-state index contributed by atoms with van der Waals surface area (Å²) in [6.45, 7) is 1.60. The third-order valence-corrected chi connectivity index (χ3v) is 6.18. The van der Waals surface area contributed by atoms with Crippen molar-refractivity contribution in [3.8, 4) is 0 Å². The topological polar surface area (TPSA) is 60.5 Å². The highest BCUT2D eigenvalue weighted by Crippen LogP contribution is 2.30. The second-order valence-electron chi connectivity index (χ2n) is 6.87. The van der Waals surface area contributed by atoms with E-state index in [2.05, 4.69) is 10.3 Å². The van der Waals surface area contributed by atoms with Crippen LogP contribution in [0.4, 0.5) is 0 Å². The predicted octanol–water partition coefficient (Wildman–Crippen LogP) is 3.13. The maximum Gasteiger partial charge on any atom is 0.252 e. The summed E-state index contributed by atoms with van der Waals surface area (Å²) in [6, 6.07) is 5.67. The molecule has 0 saturated carbocycles. The number of nitrogens with zero attached hydrogens (tertiary/aromatic N) is 1. The molecule has 0 bridgehead atoms. The Morgan fingerprint density at radius 3 is 3.15 bits per heavy atom. The number of rotatable bonds is 5. The van der Waals surface area contributed by atoms with Gasteiger partial charge in [-0.25, -0.2) is 0 Å². The van der Waals surface area contributed by atoms with Gasteiger partial charge in [0.1, 0.15) is 0 Å². The smallest absolute Gasteiger partial charge is 0.252 e. The van der Waals surface area contributed by atoms with E-state index >= 15 is 0 Å². The highest BCUT2D eigenvalue weighted by Gasteiger charge is 2.30. The van der Waals surface area contributed by atoms with Crippen LogP contribution in [0.25, 0.3) is 0 Å². The van der Waals surface area contributed by atoms with Crippen LogP contribution >= 0.6 is 11.3 Å². The molecule has 5 nitrogen and oxygen atoms in total. The van der Waals surface area contributed by atoms with Crippen LogP contribution in [0.3, 0.4) is 0 Å². The number of thiophene rings is 1.